The van der Waals surface area contributed by atoms with Gasteiger partial charge in [-0.3, -0.25) is 5.32 Å². The van der Waals surface area contributed by atoms with Crippen molar-refractivity contribution in [2.75, 3.05) is 11.9 Å². The number of carbonyl (C=O) groups excluding carboxylic acids is 1. The van der Waals surface area contributed by atoms with Gasteiger partial charge in [0.25, 0.3) is 0 Å². The van der Waals surface area contributed by atoms with Crippen molar-refractivity contribution in [3.63, 3.8) is 0 Å². The number of aromatic nitrogens is 2. The Labute approximate surface area is 140 Å². The molecule has 1 aromatic heterocycles. The number of hydrogen-bond acceptors (Lipinski definition) is 3. The largest absolute Gasteiger partial charge is 0.394 e. The molecule has 0 fully saturated rings. The Bertz CT molecular complexity index is 642. The van der Waals surface area contributed by atoms with E-state index in [1.807, 2.05) is 6.92 Å². The molecular formula is C16H21ClN4O2. The van der Waals surface area contributed by atoms with E-state index in [-0.39, 0.29) is 12.6 Å². The lowest BCUT2D eigenvalue weighted by atomic mass is 10.1. The van der Waals surface area contributed by atoms with Gasteiger partial charge in [-0.1, -0.05) is 30.7 Å². The summed E-state index contributed by atoms with van der Waals surface area (Å²) in [4.78, 5) is 12.2. The second-order valence-electron chi connectivity index (χ2n) is 5.30. The minimum atomic E-state index is -0.507. The average molecular weight is 337 g/mol. The molecule has 23 heavy (non-hydrogen) atoms. The van der Waals surface area contributed by atoms with Gasteiger partial charge in [-0.15, -0.1) is 0 Å². The third-order valence-electron chi connectivity index (χ3n) is 3.68. The minimum Gasteiger partial charge on any atom is -0.394 e. The van der Waals surface area contributed by atoms with Crippen LogP contribution in [0.3, 0.4) is 0 Å². The third-order valence-corrected chi connectivity index (χ3v) is 3.93. The number of rotatable bonds is 6. The molecule has 2 amide bonds. The number of aliphatic hydroxyl groups excluding tert-OH is 1. The summed E-state index contributed by atoms with van der Waals surface area (Å²) in [5.74, 6) is 0.615. The Hall–Kier alpha value is -2.05. The van der Waals surface area contributed by atoms with Crippen LogP contribution in [0.2, 0.25) is 5.02 Å². The maximum atomic E-state index is 12.2. The van der Waals surface area contributed by atoms with Crippen LogP contribution in [-0.2, 0) is 0 Å². The van der Waals surface area contributed by atoms with Crippen molar-refractivity contribution >= 4 is 23.4 Å². The summed E-state index contributed by atoms with van der Waals surface area (Å²) in [6.45, 7) is 3.87. The molecule has 2 unspecified atom stereocenters. The van der Waals surface area contributed by atoms with E-state index in [1.54, 1.807) is 41.2 Å². The van der Waals surface area contributed by atoms with Crippen LogP contribution < -0.4 is 10.6 Å². The second kappa shape index (κ2) is 7.99. The Morgan fingerprint density at radius 1 is 1.35 bits per heavy atom. The van der Waals surface area contributed by atoms with Gasteiger partial charge in [-0.2, -0.15) is 5.10 Å². The SMILES string of the molecule is CCC(C)n1nccc1NC(=O)NC(CO)c1ccc(Cl)cc1. The van der Waals surface area contributed by atoms with Crippen LogP contribution in [0.15, 0.2) is 36.5 Å². The van der Waals surface area contributed by atoms with E-state index < -0.39 is 12.1 Å². The number of anilines is 1. The van der Waals surface area contributed by atoms with Crippen LogP contribution in [0.1, 0.15) is 37.9 Å². The molecule has 7 heteroatoms. The fraction of sp³-hybridized carbons (Fsp3) is 0.375. The molecular weight excluding hydrogens is 316 g/mol. The second-order valence-corrected chi connectivity index (χ2v) is 5.74. The van der Waals surface area contributed by atoms with E-state index >= 15 is 0 Å². The van der Waals surface area contributed by atoms with Gasteiger partial charge in [-0.05, 0) is 31.0 Å². The smallest absolute Gasteiger partial charge is 0.320 e. The highest BCUT2D eigenvalue weighted by Gasteiger charge is 2.16. The summed E-state index contributed by atoms with van der Waals surface area (Å²) in [5, 5.41) is 19.8. The average Bonchev–Trinajstić information content (AvgIpc) is 3.00. The molecule has 2 aromatic rings. The zero-order chi connectivity index (χ0) is 16.8. The molecule has 0 aliphatic rings. The highest BCUT2D eigenvalue weighted by molar-refractivity contribution is 6.30. The van der Waals surface area contributed by atoms with Crippen molar-refractivity contribution in [1.29, 1.82) is 0 Å². The van der Waals surface area contributed by atoms with E-state index in [4.69, 9.17) is 11.6 Å². The Kier molecular flexibility index (Phi) is 6.01. The van der Waals surface area contributed by atoms with Crippen molar-refractivity contribution in [1.82, 2.24) is 15.1 Å². The monoisotopic (exact) mass is 336 g/mol. The maximum Gasteiger partial charge on any atom is 0.320 e. The summed E-state index contributed by atoms with van der Waals surface area (Å²) in [7, 11) is 0. The first-order chi connectivity index (χ1) is 11.0. The number of halogens is 1. The topological polar surface area (TPSA) is 79.2 Å². The number of aliphatic hydroxyl groups is 1. The summed E-state index contributed by atoms with van der Waals surface area (Å²) >= 11 is 5.85. The van der Waals surface area contributed by atoms with Crippen LogP contribution in [0.4, 0.5) is 10.6 Å². The molecule has 0 radical (unpaired) electrons. The molecule has 0 saturated heterocycles. The van der Waals surface area contributed by atoms with Gasteiger partial charge in [0.1, 0.15) is 5.82 Å². The highest BCUT2D eigenvalue weighted by Crippen LogP contribution is 2.18. The lowest BCUT2D eigenvalue weighted by Gasteiger charge is -2.19. The zero-order valence-electron chi connectivity index (χ0n) is 13.2. The van der Waals surface area contributed by atoms with Crippen molar-refractivity contribution < 1.29 is 9.90 Å². The lowest BCUT2D eigenvalue weighted by Crippen LogP contribution is -2.35. The van der Waals surface area contributed by atoms with Crippen LogP contribution in [0.5, 0.6) is 0 Å². The van der Waals surface area contributed by atoms with Gasteiger partial charge in [0.2, 0.25) is 0 Å². The molecule has 6 nitrogen and oxygen atoms in total. The maximum absolute atomic E-state index is 12.2. The molecule has 124 valence electrons. The number of urea groups is 1. The quantitative estimate of drug-likeness (QED) is 0.756. The van der Waals surface area contributed by atoms with Gasteiger partial charge in [0.15, 0.2) is 0 Å². The van der Waals surface area contributed by atoms with Gasteiger partial charge in [0, 0.05) is 11.1 Å². The Balaban J connectivity index is 2.03. The number of amides is 2. The number of nitrogens with zero attached hydrogens (tertiary/aromatic N) is 2. The van der Waals surface area contributed by atoms with Crippen molar-refractivity contribution in [3.8, 4) is 0 Å². The normalized spacial score (nSPS) is 13.4. The van der Waals surface area contributed by atoms with Gasteiger partial charge in [0.05, 0.1) is 24.9 Å². The molecule has 3 N–H and O–H groups in total. The predicted molar refractivity (Wildman–Crippen MR) is 90.7 cm³/mol. The van der Waals surface area contributed by atoms with Gasteiger partial charge < -0.3 is 10.4 Å². The summed E-state index contributed by atoms with van der Waals surface area (Å²) in [6, 6.07) is 8.00. The molecule has 1 heterocycles. The fourth-order valence-electron chi connectivity index (χ4n) is 2.18. The number of carbonyl (C=O) groups is 1. The summed E-state index contributed by atoms with van der Waals surface area (Å²) in [5.41, 5.74) is 0.780. The minimum absolute atomic E-state index is 0.185. The lowest BCUT2D eigenvalue weighted by molar-refractivity contribution is 0.225. The Morgan fingerprint density at radius 3 is 2.65 bits per heavy atom. The number of hydrogen-bond donors (Lipinski definition) is 3. The number of benzene rings is 1. The summed E-state index contributed by atoms with van der Waals surface area (Å²) < 4.78 is 1.76. The molecule has 2 atom stereocenters. The molecule has 0 spiro atoms. The Morgan fingerprint density at radius 2 is 2.04 bits per heavy atom. The standard InChI is InChI=1S/C16H21ClN4O2/c1-3-11(2)21-15(8-9-18-21)20-16(23)19-14(10-22)12-4-6-13(17)7-5-12/h4-9,11,14,22H,3,10H2,1-2H3,(H2,19,20,23). The predicted octanol–water partition coefficient (Wildman–Crippen LogP) is 3.36. The van der Waals surface area contributed by atoms with Crippen molar-refractivity contribution in [2.45, 2.75) is 32.4 Å². The fourth-order valence-corrected chi connectivity index (χ4v) is 2.30. The van der Waals surface area contributed by atoms with E-state index in [9.17, 15) is 9.90 Å². The third kappa shape index (κ3) is 4.46. The van der Waals surface area contributed by atoms with E-state index in [2.05, 4.69) is 22.7 Å². The van der Waals surface area contributed by atoms with Crippen LogP contribution in [0.25, 0.3) is 0 Å². The molecule has 2 rings (SSSR count). The molecule has 1 aromatic carbocycles. The van der Waals surface area contributed by atoms with Gasteiger partial charge in [-0.25, -0.2) is 9.48 Å². The van der Waals surface area contributed by atoms with E-state index in [0.717, 1.165) is 12.0 Å². The van der Waals surface area contributed by atoms with Crippen LogP contribution in [0, 0.1) is 0 Å². The van der Waals surface area contributed by atoms with Gasteiger partial charge >= 0.3 is 6.03 Å². The first-order valence-corrected chi connectivity index (χ1v) is 7.90. The van der Waals surface area contributed by atoms with Crippen LogP contribution >= 0.6 is 11.6 Å². The van der Waals surface area contributed by atoms with E-state index in [0.29, 0.717) is 10.8 Å². The van der Waals surface area contributed by atoms with Crippen molar-refractivity contribution in [2.24, 2.45) is 0 Å². The molecule has 0 aliphatic carbocycles. The zero-order valence-corrected chi connectivity index (χ0v) is 13.9. The molecule has 0 saturated carbocycles. The first-order valence-electron chi connectivity index (χ1n) is 7.52. The van der Waals surface area contributed by atoms with Crippen molar-refractivity contribution in [3.05, 3.63) is 47.1 Å². The molecule has 0 aliphatic heterocycles. The molecule has 0 bridgehead atoms. The van der Waals surface area contributed by atoms with Crippen LogP contribution in [-0.4, -0.2) is 27.5 Å². The van der Waals surface area contributed by atoms with E-state index in [1.165, 1.54) is 0 Å². The summed E-state index contributed by atoms with van der Waals surface area (Å²) in [6.07, 6.45) is 2.55. The highest BCUT2D eigenvalue weighted by atomic mass is 35.5. The number of nitrogens with one attached hydrogen (secondary N) is 2. The first kappa shape index (κ1) is 17.3.